The van der Waals surface area contributed by atoms with E-state index in [1.54, 1.807) is 0 Å². The molecule has 0 saturated heterocycles. The van der Waals surface area contributed by atoms with E-state index >= 15 is 0 Å². The SMILES string of the molecule is CC(C)(CO)NCc1cn2cc(Cl)ccc2n1. The van der Waals surface area contributed by atoms with Gasteiger partial charge in [0.1, 0.15) is 5.65 Å². The second-order valence-electron chi connectivity index (χ2n) is 4.74. The first kappa shape index (κ1) is 12.4. The lowest BCUT2D eigenvalue weighted by Gasteiger charge is -2.22. The monoisotopic (exact) mass is 253 g/mol. The van der Waals surface area contributed by atoms with Gasteiger partial charge in [0.05, 0.1) is 17.3 Å². The molecular weight excluding hydrogens is 238 g/mol. The Kier molecular flexibility index (Phi) is 3.38. The molecule has 0 spiro atoms. The Bertz CT molecular complexity index is 521. The van der Waals surface area contributed by atoms with Crippen LogP contribution in [-0.4, -0.2) is 26.6 Å². The van der Waals surface area contributed by atoms with Crippen LogP contribution in [0.2, 0.25) is 5.02 Å². The molecule has 0 aliphatic heterocycles. The van der Waals surface area contributed by atoms with Crippen LogP contribution in [0.4, 0.5) is 0 Å². The number of nitrogens with zero attached hydrogens (tertiary/aromatic N) is 2. The largest absolute Gasteiger partial charge is 0.394 e. The zero-order valence-electron chi connectivity index (χ0n) is 9.94. The molecule has 0 unspecified atom stereocenters. The Hall–Kier alpha value is -1.10. The van der Waals surface area contributed by atoms with E-state index in [2.05, 4.69) is 10.3 Å². The first-order valence-electron chi connectivity index (χ1n) is 5.49. The van der Waals surface area contributed by atoms with Crippen molar-refractivity contribution in [1.29, 1.82) is 0 Å². The molecule has 2 aromatic rings. The Labute approximate surface area is 105 Å². The second kappa shape index (κ2) is 4.64. The summed E-state index contributed by atoms with van der Waals surface area (Å²) in [6.07, 6.45) is 3.76. The van der Waals surface area contributed by atoms with Gasteiger partial charge in [0.2, 0.25) is 0 Å². The van der Waals surface area contributed by atoms with Crippen LogP contribution < -0.4 is 5.32 Å². The highest BCUT2D eigenvalue weighted by molar-refractivity contribution is 6.30. The molecular formula is C12H16ClN3O. The van der Waals surface area contributed by atoms with Gasteiger partial charge in [0.15, 0.2) is 0 Å². The minimum Gasteiger partial charge on any atom is -0.394 e. The number of aliphatic hydroxyl groups is 1. The van der Waals surface area contributed by atoms with Crippen LogP contribution in [0.5, 0.6) is 0 Å². The molecule has 0 bridgehead atoms. The summed E-state index contributed by atoms with van der Waals surface area (Å²) < 4.78 is 1.89. The predicted octanol–water partition coefficient (Wildman–Crippen LogP) is 1.85. The normalized spacial score (nSPS) is 12.2. The lowest BCUT2D eigenvalue weighted by molar-refractivity contribution is 0.187. The maximum atomic E-state index is 9.14. The molecule has 0 atom stereocenters. The maximum absolute atomic E-state index is 9.14. The summed E-state index contributed by atoms with van der Waals surface area (Å²) in [5.41, 5.74) is 1.50. The lowest BCUT2D eigenvalue weighted by Crippen LogP contribution is -2.42. The molecule has 5 heteroatoms. The summed E-state index contributed by atoms with van der Waals surface area (Å²) in [6, 6.07) is 3.70. The van der Waals surface area contributed by atoms with Crippen LogP contribution in [0.3, 0.4) is 0 Å². The average molecular weight is 254 g/mol. The molecule has 0 aliphatic carbocycles. The van der Waals surface area contributed by atoms with Gasteiger partial charge in [-0.1, -0.05) is 11.6 Å². The quantitative estimate of drug-likeness (QED) is 0.874. The van der Waals surface area contributed by atoms with Gasteiger partial charge in [0.25, 0.3) is 0 Å². The summed E-state index contributed by atoms with van der Waals surface area (Å²) in [5.74, 6) is 0. The minimum absolute atomic E-state index is 0.0895. The van der Waals surface area contributed by atoms with E-state index in [1.807, 2.05) is 42.8 Å². The van der Waals surface area contributed by atoms with Gasteiger partial charge in [-0.15, -0.1) is 0 Å². The van der Waals surface area contributed by atoms with Gasteiger partial charge in [-0.25, -0.2) is 4.98 Å². The third-order valence-corrected chi connectivity index (χ3v) is 2.83. The number of aromatic nitrogens is 2. The van der Waals surface area contributed by atoms with Crippen LogP contribution >= 0.6 is 11.6 Å². The average Bonchev–Trinajstić information content (AvgIpc) is 2.68. The number of hydrogen-bond acceptors (Lipinski definition) is 3. The number of rotatable bonds is 4. The van der Waals surface area contributed by atoms with E-state index in [-0.39, 0.29) is 12.1 Å². The molecule has 2 N–H and O–H groups in total. The fourth-order valence-electron chi connectivity index (χ4n) is 1.49. The Morgan fingerprint density at radius 2 is 2.18 bits per heavy atom. The number of halogens is 1. The fraction of sp³-hybridized carbons (Fsp3) is 0.417. The van der Waals surface area contributed by atoms with Crippen molar-refractivity contribution in [3.05, 3.63) is 35.2 Å². The highest BCUT2D eigenvalue weighted by Gasteiger charge is 2.15. The van der Waals surface area contributed by atoms with Gasteiger partial charge in [-0.05, 0) is 26.0 Å². The van der Waals surface area contributed by atoms with Gasteiger partial charge >= 0.3 is 0 Å². The number of hydrogen-bond donors (Lipinski definition) is 2. The van der Waals surface area contributed by atoms with Crippen LogP contribution in [0, 0.1) is 0 Å². The molecule has 17 heavy (non-hydrogen) atoms. The number of fused-ring (bicyclic) bond motifs is 1. The Balaban J connectivity index is 2.15. The molecule has 0 aliphatic rings. The van der Waals surface area contributed by atoms with Crippen LogP contribution in [0.25, 0.3) is 5.65 Å². The third-order valence-electron chi connectivity index (χ3n) is 2.61. The van der Waals surface area contributed by atoms with Gasteiger partial charge in [-0.3, -0.25) is 0 Å². The number of pyridine rings is 1. The fourth-order valence-corrected chi connectivity index (χ4v) is 1.66. The van der Waals surface area contributed by atoms with E-state index in [4.69, 9.17) is 16.7 Å². The van der Waals surface area contributed by atoms with E-state index in [0.717, 1.165) is 11.3 Å². The summed E-state index contributed by atoms with van der Waals surface area (Å²) in [4.78, 5) is 4.45. The summed E-state index contributed by atoms with van der Waals surface area (Å²) in [7, 11) is 0. The minimum atomic E-state index is -0.298. The Morgan fingerprint density at radius 3 is 2.88 bits per heavy atom. The predicted molar refractivity (Wildman–Crippen MR) is 68.2 cm³/mol. The molecule has 2 rings (SSSR count). The van der Waals surface area contributed by atoms with Crippen molar-refractivity contribution in [2.75, 3.05) is 6.61 Å². The zero-order chi connectivity index (χ0) is 12.5. The van der Waals surface area contributed by atoms with E-state index in [0.29, 0.717) is 11.6 Å². The number of aliphatic hydroxyl groups excluding tert-OH is 1. The van der Waals surface area contributed by atoms with E-state index in [1.165, 1.54) is 0 Å². The molecule has 2 heterocycles. The lowest BCUT2D eigenvalue weighted by atomic mass is 10.1. The standard InChI is InChI=1S/C12H16ClN3O/c1-12(2,8-17)14-5-10-7-16-6-9(13)3-4-11(16)15-10/h3-4,6-7,14,17H,5,8H2,1-2H3. The van der Waals surface area contributed by atoms with Crippen LogP contribution in [-0.2, 0) is 6.54 Å². The molecule has 0 saturated carbocycles. The van der Waals surface area contributed by atoms with Crippen molar-refractivity contribution in [1.82, 2.24) is 14.7 Å². The molecule has 0 amide bonds. The molecule has 0 fully saturated rings. The van der Waals surface area contributed by atoms with Gasteiger partial charge in [-0.2, -0.15) is 0 Å². The summed E-state index contributed by atoms with van der Waals surface area (Å²) >= 11 is 5.90. The third kappa shape index (κ3) is 2.97. The molecule has 0 radical (unpaired) electrons. The molecule has 0 aromatic carbocycles. The van der Waals surface area contributed by atoms with E-state index in [9.17, 15) is 0 Å². The molecule has 2 aromatic heterocycles. The molecule has 4 nitrogen and oxygen atoms in total. The number of nitrogens with one attached hydrogen (secondary N) is 1. The van der Waals surface area contributed by atoms with Crippen LogP contribution in [0.1, 0.15) is 19.5 Å². The Morgan fingerprint density at radius 1 is 1.41 bits per heavy atom. The number of imidazole rings is 1. The summed E-state index contributed by atoms with van der Waals surface area (Å²) in [5, 5.41) is 13.1. The van der Waals surface area contributed by atoms with Crippen molar-refractivity contribution in [3.8, 4) is 0 Å². The highest BCUT2D eigenvalue weighted by Crippen LogP contribution is 2.12. The first-order chi connectivity index (χ1) is 8.00. The van der Waals surface area contributed by atoms with Gasteiger partial charge < -0.3 is 14.8 Å². The van der Waals surface area contributed by atoms with Crippen molar-refractivity contribution >= 4 is 17.2 Å². The van der Waals surface area contributed by atoms with Crippen molar-refractivity contribution in [2.45, 2.75) is 25.9 Å². The van der Waals surface area contributed by atoms with Crippen LogP contribution in [0.15, 0.2) is 24.5 Å². The first-order valence-corrected chi connectivity index (χ1v) is 5.87. The molecule has 92 valence electrons. The highest BCUT2D eigenvalue weighted by atomic mass is 35.5. The van der Waals surface area contributed by atoms with Crippen molar-refractivity contribution in [2.24, 2.45) is 0 Å². The van der Waals surface area contributed by atoms with Crippen molar-refractivity contribution < 1.29 is 5.11 Å². The zero-order valence-corrected chi connectivity index (χ0v) is 10.7. The van der Waals surface area contributed by atoms with E-state index < -0.39 is 0 Å². The summed E-state index contributed by atoms with van der Waals surface area (Å²) in [6.45, 7) is 4.60. The van der Waals surface area contributed by atoms with Gasteiger partial charge in [0, 0.05) is 24.5 Å². The smallest absolute Gasteiger partial charge is 0.137 e. The maximum Gasteiger partial charge on any atom is 0.137 e. The second-order valence-corrected chi connectivity index (χ2v) is 5.18. The topological polar surface area (TPSA) is 49.6 Å². The van der Waals surface area contributed by atoms with Crippen molar-refractivity contribution in [3.63, 3.8) is 0 Å².